The summed E-state index contributed by atoms with van der Waals surface area (Å²) in [7, 11) is 0. The fraction of sp³-hybridized carbons (Fsp3) is 0.789. The first-order chi connectivity index (χ1) is 13.3. The van der Waals surface area contributed by atoms with E-state index in [1.54, 1.807) is 6.92 Å². The Morgan fingerprint density at radius 3 is 2.68 bits per heavy atom. The first kappa shape index (κ1) is 20.2. The van der Waals surface area contributed by atoms with Crippen molar-refractivity contribution in [2.45, 2.75) is 56.2 Å². The number of carbonyl (C=O) groups excluding carboxylic acids is 1. The number of nitrogens with zero attached hydrogens (tertiary/aromatic N) is 1. The predicted molar refractivity (Wildman–Crippen MR) is 104 cm³/mol. The summed E-state index contributed by atoms with van der Waals surface area (Å²) in [6.07, 6.45) is 0.547. The average molecular weight is 412 g/mol. The van der Waals surface area contributed by atoms with Crippen molar-refractivity contribution in [1.29, 1.82) is 0 Å². The highest BCUT2D eigenvalue weighted by atomic mass is 32.2. The average Bonchev–Trinajstić information content (AvgIpc) is 3.35. The van der Waals surface area contributed by atoms with Crippen LogP contribution >= 0.6 is 11.8 Å². The van der Waals surface area contributed by atoms with Crippen LogP contribution in [0.2, 0.25) is 0 Å². The zero-order valence-corrected chi connectivity index (χ0v) is 17.0. The number of hydrogen-bond acceptors (Lipinski definition) is 7. The van der Waals surface area contributed by atoms with E-state index in [0.29, 0.717) is 6.54 Å². The Morgan fingerprint density at radius 1 is 1.32 bits per heavy atom. The number of carboxylic acids is 1. The Hall–Kier alpha value is -1.13. The molecule has 0 aromatic rings. The number of amides is 1. The lowest BCUT2D eigenvalue weighted by Gasteiger charge is -2.46. The van der Waals surface area contributed by atoms with Crippen LogP contribution < -0.4 is 10.6 Å². The highest BCUT2D eigenvalue weighted by Gasteiger charge is 2.60. The van der Waals surface area contributed by atoms with E-state index in [-0.39, 0.29) is 40.8 Å². The first-order valence-corrected chi connectivity index (χ1v) is 11.0. The van der Waals surface area contributed by atoms with Crippen molar-refractivity contribution in [3.05, 3.63) is 10.6 Å². The van der Waals surface area contributed by atoms with E-state index in [4.69, 9.17) is 0 Å². The number of aliphatic hydroxyl groups is 2. The molecule has 0 aromatic carbocycles. The van der Waals surface area contributed by atoms with E-state index in [1.807, 2.05) is 6.92 Å². The van der Waals surface area contributed by atoms with Crippen LogP contribution in [0.15, 0.2) is 10.6 Å². The van der Waals surface area contributed by atoms with Gasteiger partial charge in [-0.3, -0.25) is 4.79 Å². The second-order valence-electron chi connectivity index (χ2n) is 8.51. The summed E-state index contributed by atoms with van der Waals surface area (Å²) in [5.41, 5.74) is 0.0772. The Labute approximate surface area is 168 Å². The molecule has 8 nitrogen and oxygen atoms in total. The number of nitrogens with one attached hydrogen (secondary N) is 2. The standard InChI is InChI=1S/C19H29N3O5S/c1-8-14-13(9(2)23)18(25)22(14)15(19(26)27)17(8)28-11-5-12(21-7-11)16(24)10-3-4-20-6-10/h8-14,16,20-21,23-24H,3-7H2,1-2H3,(H,26,27). The van der Waals surface area contributed by atoms with Crippen molar-refractivity contribution in [1.82, 2.24) is 15.5 Å². The number of hydrogen-bond donors (Lipinski definition) is 5. The van der Waals surface area contributed by atoms with Crippen molar-refractivity contribution in [2.24, 2.45) is 17.8 Å². The second kappa shape index (κ2) is 7.60. The Bertz CT molecular complexity index is 693. The molecule has 8 atom stereocenters. The number of fused-ring (bicyclic) bond motifs is 1. The topological polar surface area (TPSA) is 122 Å². The maximum atomic E-state index is 12.4. The van der Waals surface area contributed by atoms with Crippen molar-refractivity contribution in [3.8, 4) is 0 Å². The van der Waals surface area contributed by atoms with Gasteiger partial charge in [-0.15, -0.1) is 11.8 Å². The molecule has 0 spiro atoms. The Morgan fingerprint density at radius 2 is 2.07 bits per heavy atom. The summed E-state index contributed by atoms with van der Waals surface area (Å²) in [6.45, 7) is 6.00. The van der Waals surface area contributed by atoms with Gasteiger partial charge in [-0.25, -0.2) is 4.79 Å². The Kier molecular flexibility index (Phi) is 5.47. The van der Waals surface area contributed by atoms with Gasteiger partial charge in [-0.2, -0.15) is 0 Å². The normalized spacial score (nSPS) is 39.9. The number of carbonyl (C=O) groups is 2. The maximum Gasteiger partial charge on any atom is 0.353 e. The van der Waals surface area contributed by atoms with E-state index in [9.17, 15) is 24.9 Å². The molecule has 4 aliphatic heterocycles. The molecule has 3 fully saturated rings. The van der Waals surface area contributed by atoms with Gasteiger partial charge in [0.15, 0.2) is 0 Å². The molecule has 0 aromatic heterocycles. The summed E-state index contributed by atoms with van der Waals surface area (Å²) in [5, 5.41) is 37.2. The van der Waals surface area contributed by atoms with Gasteiger partial charge in [0.05, 0.1) is 24.2 Å². The quantitative estimate of drug-likeness (QED) is 0.374. The molecule has 8 unspecified atom stereocenters. The molecule has 5 N–H and O–H groups in total. The minimum Gasteiger partial charge on any atom is -0.477 e. The summed E-state index contributed by atoms with van der Waals surface area (Å²) >= 11 is 1.52. The maximum absolute atomic E-state index is 12.4. The van der Waals surface area contributed by atoms with Crippen LogP contribution in [0.4, 0.5) is 0 Å². The van der Waals surface area contributed by atoms with Gasteiger partial charge in [-0.1, -0.05) is 6.92 Å². The minimum absolute atomic E-state index is 0.0110. The lowest BCUT2D eigenvalue weighted by atomic mass is 9.79. The molecule has 0 saturated carbocycles. The number of aliphatic carboxylic acids is 1. The van der Waals surface area contributed by atoms with Gasteiger partial charge >= 0.3 is 5.97 Å². The monoisotopic (exact) mass is 411 g/mol. The predicted octanol–water partition coefficient (Wildman–Crippen LogP) is -0.426. The van der Waals surface area contributed by atoms with Gasteiger partial charge in [0.2, 0.25) is 5.91 Å². The third kappa shape index (κ3) is 3.17. The molecule has 1 amide bonds. The van der Waals surface area contributed by atoms with Crippen molar-refractivity contribution in [2.75, 3.05) is 19.6 Å². The largest absolute Gasteiger partial charge is 0.477 e. The van der Waals surface area contributed by atoms with E-state index >= 15 is 0 Å². The van der Waals surface area contributed by atoms with Crippen molar-refractivity contribution >= 4 is 23.6 Å². The first-order valence-electron chi connectivity index (χ1n) is 10.1. The van der Waals surface area contributed by atoms with Crippen LogP contribution in [0.1, 0.15) is 26.7 Å². The molecular formula is C19H29N3O5S. The van der Waals surface area contributed by atoms with Gasteiger partial charge in [0.1, 0.15) is 5.70 Å². The van der Waals surface area contributed by atoms with Gasteiger partial charge < -0.3 is 30.9 Å². The molecule has 28 heavy (non-hydrogen) atoms. The van der Waals surface area contributed by atoms with Gasteiger partial charge in [0, 0.05) is 41.1 Å². The van der Waals surface area contributed by atoms with E-state index in [2.05, 4.69) is 10.6 Å². The molecule has 4 aliphatic rings. The van der Waals surface area contributed by atoms with Gasteiger partial charge in [0.25, 0.3) is 0 Å². The van der Waals surface area contributed by atoms with Crippen LogP contribution in [0, 0.1) is 17.8 Å². The van der Waals surface area contributed by atoms with Crippen LogP contribution in [0.5, 0.6) is 0 Å². The van der Waals surface area contributed by atoms with Crippen LogP contribution in [-0.4, -0.2) is 81.3 Å². The third-order valence-corrected chi connectivity index (χ3v) is 8.23. The minimum atomic E-state index is -1.09. The Balaban J connectivity index is 1.47. The number of rotatable bonds is 6. The van der Waals surface area contributed by atoms with Crippen LogP contribution in [0.25, 0.3) is 0 Å². The summed E-state index contributed by atoms with van der Waals surface area (Å²) in [6, 6.07) is -0.265. The smallest absolute Gasteiger partial charge is 0.353 e. The molecule has 9 heteroatoms. The number of β-lactam (4-membered cyclic amide) rings is 1. The fourth-order valence-electron chi connectivity index (χ4n) is 5.24. The summed E-state index contributed by atoms with van der Waals surface area (Å²) < 4.78 is 0. The second-order valence-corrected chi connectivity index (χ2v) is 9.85. The van der Waals surface area contributed by atoms with E-state index in [1.165, 1.54) is 16.7 Å². The SMILES string of the molecule is CC(O)C1C(=O)N2C(C(=O)O)=C(SC3CNC(C(O)C4CCNC4)C3)C(C)C12. The lowest BCUT2D eigenvalue weighted by molar-refractivity contribution is -0.163. The highest BCUT2D eigenvalue weighted by Crippen LogP contribution is 2.51. The molecule has 4 rings (SSSR count). The molecule has 0 aliphatic carbocycles. The zero-order chi connectivity index (χ0) is 20.2. The molecule has 4 heterocycles. The molecule has 3 saturated heterocycles. The number of thioether (sulfide) groups is 1. The lowest BCUT2D eigenvalue weighted by Crippen LogP contribution is -2.63. The van der Waals surface area contributed by atoms with Crippen molar-refractivity contribution < 1.29 is 24.9 Å². The van der Waals surface area contributed by atoms with Crippen LogP contribution in [-0.2, 0) is 9.59 Å². The highest BCUT2D eigenvalue weighted by molar-refractivity contribution is 8.03. The van der Waals surface area contributed by atoms with E-state index in [0.717, 1.165) is 30.8 Å². The summed E-state index contributed by atoms with van der Waals surface area (Å²) in [5.74, 6) is -1.78. The van der Waals surface area contributed by atoms with Crippen LogP contribution in [0.3, 0.4) is 0 Å². The fourth-order valence-corrected chi connectivity index (χ4v) is 6.73. The van der Waals surface area contributed by atoms with E-state index < -0.39 is 24.1 Å². The number of carboxylic acid groups (broad SMARTS) is 1. The zero-order valence-electron chi connectivity index (χ0n) is 16.2. The molecular weight excluding hydrogens is 382 g/mol. The summed E-state index contributed by atoms with van der Waals surface area (Å²) in [4.78, 5) is 26.4. The van der Waals surface area contributed by atoms with Gasteiger partial charge in [-0.05, 0) is 26.3 Å². The molecule has 0 radical (unpaired) electrons. The number of aliphatic hydroxyl groups excluding tert-OH is 2. The molecule has 0 bridgehead atoms. The third-order valence-electron chi connectivity index (χ3n) is 6.72. The molecule has 156 valence electrons. The van der Waals surface area contributed by atoms with Crippen molar-refractivity contribution in [3.63, 3.8) is 0 Å².